The van der Waals surface area contributed by atoms with Crippen LogP contribution >= 0.6 is 15.9 Å². The zero-order chi connectivity index (χ0) is 11.5. The molecule has 0 bridgehead atoms. The van der Waals surface area contributed by atoms with Crippen molar-refractivity contribution in [2.24, 2.45) is 5.73 Å². The fourth-order valence-corrected chi connectivity index (χ4v) is 2.03. The molecule has 0 fully saturated rings. The van der Waals surface area contributed by atoms with Crippen molar-refractivity contribution in [1.82, 2.24) is 10.2 Å². The first kappa shape index (κ1) is 11.3. The molecule has 1 aromatic heterocycles. The molecule has 1 aromatic carbocycles. The number of aromatic nitrogens is 2. The van der Waals surface area contributed by atoms with Crippen molar-refractivity contribution in [3.8, 4) is 11.3 Å². The lowest BCUT2D eigenvalue weighted by molar-refractivity contribution is 0.627. The summed E-state index contributed by atoms with van der Waals surface area (Å²) < 4.78 is 13.6. The molecule has 0 aliphatic carbocycles. The van der Waals surface area contributed by atoms with Gasteiger partial charge in [-0.2, -0.15) is 5.10 Å². The summed E-state index contributed by atoms with van der Waals surface area (Å²) in [5.41, 5.74) is 8.08. The molecule has 0 aliphatic heterocycles. The van der Waals surface area contributed by atoms with Crippen LogP contribution in [0.1, 0.15) is 5.69 Å². The summed E-state index contributed by atoms with van der Waals surface area (Å²) in [5.74, 6) is -0.270. The highest BCUT2D eigenvalue weighted by Gasteiger charge is 2.08. The van der Waals surface area contributed by atoms with Crippen molar-refractivity contribution in [1.29, 1.82) is 0 Å². The van der Waals surface area contributed by atoms with Crippen LogP contribution in [0.25, 0.3) is 11.3 Å². The van der Waals surface area contributed by atoms with E-state index in [9.17, 15) is 4.39 Å². The molecule has 84 valence electrons. The third-order valence-electron chi connectivity index (χ3n) is 2.25. The van der Waals surface area contributed by atoms with Gasteiger partial charge in [0.15, 0.2) is 0 Å². The van der Waals surface area contributed by atoms with E-state index in [2.05, 4.69) is 26.1 Å². The van der Waals surface area contributed by atoms with E-state index < -0.39 is 0 Å². The van der Waals surface area contributed by atoms with Gasteiger partial charge in [0.1, 0.15) is 5.82 Å². The van der Waals surface area contributed by atoms with E-state index >= 15 is 0 Å². The predicted octanol–water partition coefficient (Wildman–Crippen LogP) is 2.48. The van der Waals surface area contributed by atoms with Gasteiger partial charge in [0, 0.05) is 22.2 Å². The first-order chi connectivity index (χ1) is 7.70. The van der Waals surface area contributed by atoms with E-state index in [1.807, 2.05) is 6.07 Å². The van der Waals surface area contributed by atoms with Crippen molar-refractivity contribution < 1.29 is 4.39 Å². The minimum absolute atomic E-state index is 0.270. The van der Waals surface area contributed by atoms with Gasteiger partial charge in [-0.25, -0.2) is 4.39 Å². The zero-order valence-electron chi connectivity index (χ0n) is 8.50. The molecule has 0 aliphatic rings. The normalized spacial score (nSPS) is 10.7. The third kappa shape index (κ3) is 2.31. The number of nitrogens with zero attached hydrogens (tertiary/aromatic N) is 1. The molecule has 3 N–H and O–H groups in total. The molecule has 0 spiro atoms. The molecule has 0 atom stereocenters. The Kier molecular flexibility index (Phi) is 3.36. The molecule has 16 heavy (non-hydrogen) atoms. The number of benzene rings is 1. The predicted molar refractivity (Wildman–Crippen MR) is 64.4 cm³/mol. The van der Waals surface area contributed by atoms with Gasteiger partial charge in [0.05, 0.1) is 5.69 Å². The minimum Gasteiger partial charge on any atom is -0.330 e. The Balaban J connectivity index is 2.35. The minimum atomic E-state index is -0.270. The fraction of sp³-hybridized carbons (Fsp3) is 0.182. The van der Waals surface area contributed by atoms with Gasteiger partial charge in [-0.3, -0.25) is 5.10 Å². The van der Waals surface area contributed by atoms with Crippen molar-refractivity contribution in [2.45, 2.75) is 6.42 Å². The fourth-order valence-electron chi connectivity index (χ4n) is 1.48. The maximum Gasteiger partial charge on any atom is 0.124 e. The van der Waals surface area contributed by atoms with Gasteiger partial charge >= 0.3 is 0 Å². The molecule has 2 aromatic rings. The van der Waals surface area contributed by atoms with Gasteiger partial charge in [-0.1, -0.05) is 0 Å². The molecule has 0 radical (unpaired) electrons. The van der Waals surface area contributed by atoms with Crippen molar-refractivity contribution in [3.05, 3.63) is 40.2 Å². The Labute approximate surface area is 101 Å². The lowest BCUT2D eigenvalue weighted by Gasteiger charge is -1.99. The first-order valence-corrected chi connectivity index (χ1v) is 5.70. The average molecular weight is 284 g/mol. The summed E-state index contributed by atoms with van der Waals surface area (Å²) in [4.78, 5) is 0. The Bertz CT molecular complexity index is 496. The number of rotatable bonds is 3. The van der Waals surface area contributed by atoms with Crippen molar-refractivity contribution in [2.75, 3.05) is 6.54 Å². The number of nitrogens with two attached hydrogens (primary N) is 1. The summed E-state index contributed by atoms with van der Waals surface area (Å²) in [6, 6.07) is 6.46. The summed E-state index contributed by atoms with van der Waals surface area (Å²) in [5, 5.41) is 7.06. The average Bonchev–Trinajstić information content (AvgIpc) is 2.67. The maximum absolute atomic E-state index is 12.9. The van der Waals surface area contributed by atoms with E-state index in [4.69, 9.17) is 5.73 Å². The van der Waals surface area contributed by atoms with Crippen LogP contribution in [0.5, 0.6) is 0 Å². The standard InChI is InChI=1S/C11H11BrFN3/c12-10-5-7(13)1-2-9(10)11-6-8(3-4-14)15-16-11/h1-2,5-6H,3-4,14H2,(H,15,16). The second-order valence-electron chi connectivity index (χ2n) is 3.44. The molecular weight excluding hydrogens is 273 g/mol. The topological polar surface area (TPSA) is 54.7 Å². The monoisotopic (exact) mass is 283 g/mol. The number of hydrogen-bond donors (Lipinski definition) is 2. The highest BCUT2D eigenvalue weighted by atomic mass is 79.9. The van der Waals surface area contributed by atoms with Crippen LogP contribution in [0.15, 0.2) is 28.7 Å². The summed E-state index contributed by atoms with van der Waals surface area (Å²) in [6.45, 7) is 0.576. The molecule has 0 saturated carbocycles. The number of halogens is 2. The quantitative estimate of drug-likeness (QED) is 0.909. The lowest BCUT2D eigenvalue weighted by atomic mass is 10.1. The molecular formula is C11H11BrFN3. The second kappa shape index (κ2) is 4.76. The summed E-state index contributed by atoms with van der Waals surface area (Å²) in [6.07, 6.45) is 0.756. The second-order valence-corrected chi connectivity index (χ2v) is 4.30. The van der Waals surface area contributed by atoms with Gasteiger partial charge in [0.2, 0.25) is 0 Å². The van der Waals surface area contributed by atoms with E-state index in [1.54, 1.807) is 6.07 Å². The smallest absolute Gasteiger partial charge is 0.124 e. The summed E-state index contributed by atoms with van der Waals surface area (Å²) in [7, 11) is 0. The Morgan fingerprint density at radius 1 is 1.38 bits per heavy atom. The largest absolute Gasteiger partial charge is 0.330 e. The molecule has 1 heterocycles. The SMILES string of the molecule is NCCc1cc(-c2ccc(F)cc2Br)n[nH]1. The van der Waals surface area contributed by atoms with E-state index in [0.717, 1.165) is 23.4 Å². The molecule has 2 rings (SSSR count). The van der Waals surface area contributed by atoms with Crippen LogP contribution in [-0.4, -0.2) is 16.7 Å². The number of aromatic amines is 1. The maximum atomic E-state index is 12.9. The highest BCUT2D eigenvalue weighted by Crippen LogP contribution is 2.27. The first-order valence-electron chi connectivity index (χ1n) is 4.90. The van der Waals surface area contributed by atoms with E-state index in [-0.39, 0.29) is 5.82 Å². The van der Waals surface area contributed by atoms with Crippen LogP contribution in [0.2, 0.25) is 0 Å². The Morgan fingerprint density at radius 3 is 2.88 bits per heavy atom. The van der Waals surface area contributed by atoms with Crippen LogP contribution in [0, 0.1) is 5.82 Å². The molecule has 3 nitrogen and oxygen atoms in total. The molecule has 0 saturated heterocycles. The van der Waals surface area contributed by atoms with Crippen LogP contribution in [0.3, 0.4) is 0 Å². The van der Waals surface area contributed by atoms with E-state index in [1.165, 1.54) is 12.1 Å². The van der Waals surface area contributed by atoms with Crippen LogP contribution in [0.4, 0.5) is 4.39 Å². The summed E-state index contributed by atoms with van der Waals surface area (Å²) >= 11 is 3.31. The van der Waals surface area contributed by atoms with Gasteiger partial charge in [-0.05, 0) is 46.7 Å². The Morgan fingerprint density at radius 2 is 2.19 bits per heavy atom. The van der Waals surface area contributed by atoms with Crippen LogP contribution < -0.4 is 5.73 Å². The molecule has 0 unspecified atom stereocenters. The Hall–Kier alpha value is -1.20. The lowest BCUT2D eigenvalue weighted by Crippen LogP contribution is -2.02. The van der Waals surface area contributed by atoms with Gasteiger partial charge < -0.3 is 5.73 Å². The number of nitrogens with one attached hydrogen (secondary N) is 1. The van der Waals surface area contributed by atoms with Gasteiger partial charge in [-0.15, -0.1) is 0 Å². The van der Waals surface area contributed by atoms with Crippen LogP contribution in [-0.2, 0) is 6.42 Å². The van der Waals surface area contributed by atoms with E-state index in [0.29, 0.717) is 11.0 Å². The van der Waals surface area contributed by atoms with Crippen molar-refractivity contribution >= 4 is 15.9 Å². The number of H-pyrrole nitrogens is 1. The third-order valence-corrected chi connectivity index (χ3v) is 2.91. The highest BCUT2D eigenvalue weighted by molar-refractivity contribution is 9.10. The zero-order valence-corrected chi connectivity index (χ0v) is 10.1. The van der Waals surface area contributed by atoms with Crippen molar-refractivity contribution in [3.63, 3.8) is 0 Å². The van der Waals surface area contributed by atoms with Gasteiger partial charge in [0.25, 0.3) is 0 Å². The molecule has 0 amide bonds. The number of hydrogen-bond acceptors (Lipinski definition) is 2. The molecule has 5 heteroatoms.